The molecule has 2 heterocycles. The molecule has 1 unspecified atom stereocenters. The van der Waals surface area contributed by atoms with Crippen molar-refractivity contribution >= 4 is 0 Å². The van der Waals surface area contributed by atoms with Crippen LogP contribution in [0.3, 0.4) is 0 Å². The van der Waals surface area contributed by atoms with E-state index in [1.165, 1.54) is 39.3 Å². The van der Waals surface area contributed by atoms with Gasteiger partial charge in [-0.25, -0.2) is 0 Å². The van der Waals surface area contributed by atoms with Crippen LogP contribution in [0.1, 0.15) is 0 Å². The van der Waals surface area contributed by atoms with Crippen LogP contribution in [0, 0.1) is 11.8 Å². The third-order valence-electron chi connectivity index (χ3n) is 3.90. The highest BCUT2D eigenvalue weighted by atomic mass is 15.3. The van der Waals surface area contributed by atoms with Gasteiger partial charge in [0.1, 0.15) is 0 Å². The molecule has 3 fully saturated rings. The van der Waals surface area contributed by atoms with E-state index < -0.39 is 0 Å². The molecule has 74 valence electrons. The van der Waals surface area contributed by atoms with Gasteiger partial charge in [-0.05, 0) is 18.9 Å². The van der Waals surface area contributed by atoms with E-state index in [0.29, 0.717) is 0 Å². The Morgan fingerprint density at radius 3 is 2.31 bits per heavy atom. The van der Waals surface area contributed by atoms with Crippen molar-refractivity contribution in [3.8, 4) is 0 Å². The van der Waals surface area contributed by atoms with Crippen molar-refractivity contribution in [2.45, 2.75) is 6.04 Å². The molecule has 2 aliphatic heterocycles. The van der Waals surface area contributed by atoms with Crippen molar-refractivity contribution in [2.24, 2.45) is 11.8 Å². The van der Waals surface area contributed by atoms with Crippen molar-refractivity contribution < 1.29 is 0 Å². The molecular formula is C10H19N3. The zero-order valence-corrected chi connectivity index (χ0v) is 8.37. The Morgan fingerprint density at radius 1 is 1.08 bits per heavy atom. The van der Waals surface area contributed by atoms with Gasteiger partial charge in [0.05, 0.1) is 0 Å². The van der Waals surface area contributed by atoms with Crippen LogP contribution in [0.5, 0.6) is 0 Å². The third kappa shape index (κ3) is 1.30. The average Bonchev–Trinajstić information content (AvgIpc) is 2.66. The lowest BCUT2D eigenvalue weighted by atomic mass is 10.3. The van der Waals surface area contributed by atoms with Crippen LogP contribution in [-0.4, -0.2) is 62.2 Å². The number of hydrogen-bond acceptors (Lipinski definition) is 3. The first kappa shape index (κ1) is 8.21. The molecule has 3 aliphatic rings. The van der Waals surface area contributed by atoms with Gasteiger partial charge in [-0.15, -0.1) is 0 Å². The molecule has 0 aromatic carbocycles. The number of rotatable bonds is 1. The van der Waals surface area contributed by atoms with Gasteiger partial charge in [0.25, 0.3) is 0 Å². The summed E-state index contributed by atoms with van der Waals surface area (Å²) in [6.45, 7) is 7.65. The normalized spacial score (nSPS) is 46.4. The van der Waals surface area contributed by atoms with Crippen LogP contribution in [0.25, 0.3) is 0 Å². The summed E-state index contributed by atoms with van der Waals surface area (Å²) in [7, 11) is 2.25. The molecular weight excluding hydrogens is 162 g/mol. The van der Waals surface area contributed by atoms with Crippen molar-refractivity contribution in [3.05, 3.63) is 0 Å². The van der Waals surface area contributed by atoms with Gasteiger partial charge in [0.2, 0.25) is 0 Å². The second-order valence-corrected chi connectivity index (χ2v) is 4.83. The van der Waals surface area contributed by atoms with E-state index in [4.69, 9.17) is 0 Å². The Morgan fingerprint density at radius 2 is 1.69 bits per heavy atom. The highest BCUT2D eigenvalue weighted by Crippen LogP contribution is 2.48. The number of fused-ring (bicyclic) bond motifs is 1. The van der Waals surface area contributed by atoms with Gasteiger partial charge in [-0.2, -0.15) is 0 Å². The number of nitrogens with one attached hydrogen (secondary N) is 1. The van der Waals surface area contributed by atoms with Gasteiger partial charge in [0.15, 0.2) is 0 Å². The van der Waals surface area contributed by atoms with Crippen molar-refractivity contribution in [1.29, 1.82) is 0 Å². The molecule has 0 radical (unpaired) electrons. The van der Waals surface area contributed by atoms with Crippen LogP contribution >= 0.6 is 0 Å². The molecule has 3 rings (SSSR count). The zero-order chi connectivity index (χ0) is 8.84. The summed E-state index contributed by atoms with van der Waals surface area (Å²) in [6.07, 6.45) is 0. The van der Waals surface area contributed by atoms with E-state index in [9.17, 15) is 0 Å². The van der Waals surface area contributed by atoms with E-state index in [1.54, 1.807) is 0 Å². The summed E-state index contributed by atoms with van der Waals surface area (Å²) >= 11 is 0. The summed E-state index contributed by atoms with van der Waals surface area (Å²) in [5.41, 5.74) is 0. The fourth-order valence-corrected chi connectivity index (χ4v) is 3.23. The Kier molecular flexibility index (Phi) is 1.86. The maximum absolute atomic E-state index is 3.42. The molecule has 0 aromatic rings. The number of piperazine rings is 1. The second-order valence-electron chi connectivity index (χ2n) is 4.83. The molecule has 3 nitrogen and oxygen atoms in total. The first-order valence-corrected chi connectivity index (χ1v) is 5.49. The SMILES string of the molecule is CN1C[C@@H]2C(N3CCNCC3)[C@@H]2C1. The molecule has 3 atom stereocenters. The summed E-state index contributed by atoms with van der Waals surface area (Å²) in [6, 6.07) is 0.957. The van der Waals surface area contributed by atoms with Gasteiger partial charge >= 0.3 is 0 Å². The standard InChI is InChI=1S/C10H19N3/c1-12-6-8-9(7-12)10(8)13-4-2-11-3-5-13/h8-11H,2-7H2,1H3/t8-,9+,10?. The monoisotopic (exact) mass is 181 g/mol. The lowest BCUT2D eigenvalue weighted by molar-refractivity contribution is 0.190. The van der Waals surface area contributed by atoms with E-state index >= 15 is 0 Å². The van der Waals surface area contributed by atoms with Gasteiger partial charge in [-0.1, -0.05) is 0 Å². The fraction of sp³-hybridized carbons (Fsp3) is 1.00. The Labute approximate surface area is 80.1 Å². The number of piperidine rings is 1. The molecule has 0 aromatic heterocycles. The average molecular weight is 181 g/mol. The highest BCUT2D eigenvalue weighted by molar-refractivity contribution is 5.10. The lowest BCUT2D eigenvalue weighted by Gasteiger charge is -2.29. The molecule has 0 bridgehead atoms. The highest BCUT2D eigenvalue weighted by Gasteiger charge is 2.57. The van der Waals surface area contributed by atoms with Crippen LogP contribution in [0.4, 0.5) is 0 Å². The van der Waals surface area contributed by atoms with Crippen LogP contribution in [-0.2, 0) is 0 Å². The van der Waals surface area contributed by atoms with E-state index in [0.717, 1.165) is 17.9 Å². The maximum Gasteiger partial charge on any atom is 0.0185 e. The molecule has 1 N–H and O–H groups in total. The topological polar surface area (TPSA) is 18.5 Å². The molecule has 0 spiro atoms. The quantitative estimate of drug-likeness (QED) is 0.586. The zero-order valence-electron chi connectivity index (χ0n) is 8.37. The molecule has 0 amide bonds. The van der Waals surface area contributed by atoms with Gasteiger partial charge < -0.3 is 10.2 Å². The predicted molar refractivity (Wildman–Crippen MR) is 52.7 cm³/mol. The maximum atomic E-state index is 3.42. The number of likely N-dealkylation sites (tertiary alicyclic amines) is 1. The molecule has 2 saturated heterocycles. The van der Waals surface area contributed by atoms with E-state index in [1.807, 2.05) is 0 Å². The predicted octanol–water partition coefficient (Wildman–Crippen LogP) is -0.548. The van der Waals surface area contributed by atoms with Crippen molar-refractivity contribution in [1.82, 2.24) is 15.1 Å². The first-order valence-electron chi connectivity index (χ1n) is 5.49. The van der Waals surface area contributed by atoms with Crippen LogP contribution < -0.4 is 5.32 Å². The lowest BCUT2D eigenvalue weighted by Crippen LogP contribution is -2.46. The Balaban J connectivity index is 1.58. The first-order chi connectivity index (χ1) is 6.36. The summed E-state index contributed by atoms with van der Waals surface area (Å²) in [4.78, 5) is 5.19. The van der Waals surface area contributed by atoms with Crippen molar-refractivity contribution in [3.63, 3.8) is 0 Å². The summed E-state index contributed by atoms with van der Waals surface area (Å²) < 4.78 is 0. The van der Waals surface area contributed by atoms with Crippen molar-refractivity contribution in [2.75, 3.05) is 46.3 Å². The number of hydrogen-bond donors (Lipinski definition) is 1. The van der Waals surface area contributed by atoms with E-state index in [2.05, 4.69) is 22.2 Å². The van der Waals surface area contributed by atoms with Gasteiger partial charge in [-0.3, -0.25) is 4.90 Å². The largest absolute Gasteiger partial charge is 0.314 e. The summed E-state index contributed by atoms with van der Waals surface area (Å²) in [5, 5.41) is 3.42. The molecule has 1 aliphatic carbocycles. The third-order valence-corrected chi connectivity index (χ3v) is 3.90. The Bertz CT molecular complexity index is 188. The number of nitrogens with zero attached hydrogens (tertiary/aromatic N) is 2. The molecule has 1 saturated carbocycles. The molecule has 3 heteroatoms. The Hall–Kier alpha value is -0.120. The van der Waals surface area contributed by atoms with E-state index in [-0.39, 0.29) is 0 Å². The second kappa shape index (κ2) is 2.94. The van der Waals surface area contributed by atoms with Gasteiger partial charge in [0, 0.05) is 45.3 Å². The summed E-state index contributed by atoms with van der Waals surface area (Å²) in [5.74, 6) is 2.03. The smallest absolute Gasteiger partial charge is 0.0185 e. The minimum atomic E-state index is 0.957. The molecule has 13 heavy (non-hydrogen) atoms. The minimum Gasteiger partial charge on any atom is -0.314 e. The van der Waals surface area contributed by atoms with Crippen LogP contribution in [0.15, 0.2) is 0 Å². The fourth-order valence-electron chi connectivity index (χ4n) is 3.23. The minimum absolute atomic E-state index is 0.957. The van der Waals surface area contributed by atoms with Crippen LogP contribution in [0.2, 0.25) is 0 Å².